The minimum atomic E-state index is -0.603. The quantitative estimate of drug-likeness (QED) is 0.475. The van der Waals surface area contributed by atoms with Crippen LogP contribution in [0.3, 0.4) is 0 Å². The lowest BCUT2D eigenvalue weighted by molar-refractivity contribution is -0.140. The van der Waals surface area contributed by atoms with Crippen LogP contribution in [0, 0.1) is 0 Å². The first-order valence-electron chi connectivity index (χ1n) is 4.41. The standard InChI is InChI=1S/C10H9Br2NO3/c1-16-9(14)4-7(12)10(15)8-3-2-6(11)5-13-8/h2-3,5,7H,4H2,1H3. The Balaban J connectivity index is 2.70. The lowest BCUT2D eigenvalue weighted by atomic mass is 10.1. The highest BCUT2D eigenvalue weighted by molar-refractivity contribution is 9.10. The fraction of sp³-hybridized carbons (Fsp3) is 0.300. The number of pyridine rings is 1. The molecule has 0 aliphatic heterocycles. The maximum atomic E-state index is 11.8. The van der Waals surface area contributed by atoms with E-state index in [4.69, 9.17) is 0 Å². The highest BCUT2D eigenvalue weighted by Crippen LogP contribution is 2.14. The molecule has 1 unspecified atom stereocenters. The van der Waals surface area contributed by atoms with Crippen LogP contribution in [-0.2, 0) is 9.53 Å². The molecule has 0 bridgehead atoms. The zero-order chi connectivity index (χ0) is 12.1. The van der Waals surface area contributed by atoms with E-state index in [1.54, 1.807) is 12.1 Å². The van der Waals surface area contributed by atoms with Gasteiger partial charge >= 0.3 is 5.97 Å². The molecule has 0 aliphatic rings. The average Bonchev–Trinajstić information content (AvgIpc) is 2.28. The molecular weight excluding hydrogens is 342 g/mol. The highest BCUT2D eigenvalue weighted by Gasteiger charge is 2.21. The number of rotatable bonds is 4. The van der Waals surface area contributed by atoms with Crippen molar-refractivity contribution in [2.45, 2.75) is 11.2 Å². The SMILES string of the molecule is COC(=O)CC(Br)C(=O)c1ccc(Br)cn1. The van der Waals surface area contributed by atoms with E-state index in [0.29, 0.717) is 5.69 Å². The van der Waals surface area contributed by atoms with Gasteiger partial charge in [0.15, 0.2) is 5.78 Å². The molecule has 0 aromatic carbocycles. The summed E-state index contributed by atoms with van der Waals surface area (Å²) >= 11 is 6.36. The van der Waals surface area contributed by atoms with E-state index in [1.807, 2.05) is 0 Å². The van der Waals surface area contributed by atoms with Gasteiger partial charge < -0.3 is 4.74 Å². The fourth-order valence-electron chi connectivity index (χ4n) is 1.00. The van der Waals surface area contributed by atoms with Gasteiger partial charge in [0.25, 0.3) is 0 Å². The van der Waals surface area contributed by atoms with E-state index in [9.17, 15) is 9.59 Å². The van der Waals surface area contributed by atoms with Gasteiger partial charge in [-0.3, -0.25) is 14.6 Å². The maximum absolute atomic E-state index is 11.8. The Morgan fingerprint density at radius 3 is 2.69 bits per heavy atom. The van der Waals surface area contributed by atoms with Crippen LogP contribution in [-0.4, -0.2) is 28.7 Å². The number of aromatic nitrogens is 1. The van der Waals surface area contributed by atoms with E-state index in [-0.39, 0.29) is 12.2 Å². The first-order chi connectivity index (χ1) is 7.54. The van der Waals surface area contributed by atoms with Crippen molar-refractivity contribution in [3.8, 4) is 0 Å². The summed E-state index contributed by atoms with van der Waals surface area (Å²) in [5.74, 6) is -0.676. The molecule has 0 spiro atoms. The zero-order valence-electron chi connectivity index (χ0n) is 8.44. The topological polar surface area (TPSA) is 56.3 Å². The van der Waals surface area contributed by atoms with Gasteiger partial charge in [-0.05, 0) is 28.1 Å². The van der Waals surface area contributed by atoms with Crippen molar-refractivity contribution in [3.05, 3.63) is 28.5 Å². The molecule has 0 aliphatic carbocycles. The van der Waals surface area contributed by atoms with Crippen LogP contribution in [0.1, 0.15) is 16.9 Å². The van der Waals surface area contributed by atoms with Gasteiger partial charge in [-0.15, -0.1) is 0 Å². The molecule has 4 nitrogen and oxygen atoms in total. The maximum Gasteiger partial charge on any atom is 0.307 e. The van der Waals surface area contributed by atoms with Crippen LogP contribution < -0.4 is 0 Å². The predicted molar refractivity (Wildman–Crippen MR) is 65.6 cm³/mol. The number of ketones is 1. The van der Waals surface area contributed by atoms with Crippen molar-refractivity contribution < 1.29 is 14.3 Å². The molecular formula is C10H9Br2NO3. The minimum Gasteiger partial charge on any atom is -0.469 e. The Morgan fingerprint density at radius 1 is 1.50 bits per heavy atom. The lowest BCUT2D eigenvalue weighted by Gasteiger charge is -2.06. The number of carbonyl (C=O) groups is 2. The lowest BCUT2D eigenvalue weighted by Crippen LogP contribution is -2.20. The largest absolute Gasteiger partial charge is 0.469 e. The molecule has 0 saturated carbocycles. The highest BCUT2D eigenvalue weighted by atomic mass is 79.9. The summed E-state index contributed by atoms with van der Waals surface area (Å²) in [4.78, 5) is 26.1. The Morgan fingerprint density at radius 2 is 2.19 bits per heavy atom. The Hall–Kier alpha value is -0.750. The number of carbonyl (C=O) groups excluding carboxylic acids is 2. The third-order valence-corrected chi connectivity index (χ3v) is 3.05. The normalized spacial score (nSPS) is 11.9. The molecule has 1 aromatic rings. The molecule has 0 radical (unpaired) electrons. The molecule has 0 amide bonds. The number of methoxy groups -OCH3 is 1. The summed E-state index contributed by atoms with van der Waals surface area (Å²) in [5.41, 5.74) is 0.314. The molecule has 6 heteroatoms. The first-order valence-corrected chi connectivity index (χ1v) is 6.12. The predicted octanol–water partition coefficient (Wildman–Crippen LogP) is 2.35. The first kappa shape index (κ1) is 13.3. The van der Waals surface area contributed by atoms with E-state index < -0.39 is 10.8 Å². The average molecular weight is 351 g/mol. The van der Waals surface area contributed by atoms with Crippen molar-refractivity contribution in [1.82, 2.24) is 4.98 Å². The van der Waals surface area contributed by atoms with Crippen LogP contribution in [0.2, 0.25) is 0 Å². The molecule has 0 N–H and O–H groups in total. The molecule has 1 heterocycles. The summed E-state index contributed by atoms with van der Waals surface area (Å²) in [5, 5.41) is 0. The Bertz CT molecular complexity index is 392. The van der Waals surface area contributed by atoms with E-state index in [2.05, 4.69) is 41.6 Å². The van der Waals surface area contributed by atoms with Crippen LogP contribution in [0.25, 0.3) is 0 Å². The summed E-state index contributed by atoms with van der Waals surface area (Å²) in [6.45, 7) is 0. The fourth-order valence-corrected chi connectivity index (χ4v) is 1.74. The van der Waals surface area contributed by atoms with Gasteiger partial charge in [-0.2, -0.15) is 0 Å². The second-order valence-electron chi connectivity index (χ2n) is 2.97. The van der Waals surface area contributed by atoms with E-state index in [0.717, 1.165) is 4.47 Å². The van der Waals surface area contributed by atoms with Gasteiger partial charge in [0, 0.05) is 10.7 Å². The van der Waals surface area contributed by atoms with Gasteiger partial charge in [0.1, 0.15) is 5.69 Å². The second-order valence-corrected chi connectivity index (χ2v) is 4.99. The smallest absolute Gasteiger partial charge is 0.307 e. The third kappa shape index (κ3) is 3.68. The number of hydrogen-bond donors (Lipinski definition) is 0. The molecule has 1 aromatic heterocycles. The van der Waals surface area contributed by atoms with Crippen molar-refractivity contribution in [2.24, 2.45) is 0 Å². The van der Waals surface area contributed by atoms with Crippen molar-refractivity contribution in [3.63, 3.8) is 0 Å². The van der Waals surface area contributed by atoms with E-state index in [1.165, 1.54) is 13.3 Å². The molecule has 1 rings (SSSR count). The molecule has 86 valence electrons. The summed E-state index contributed by atoms with van der Waals surface area (Å²) < 4.78 is 5.27. The number of ether oxygens (including phenoxy) is 1. The number of esters is 1. The Kier molecular flexibility index (Phi) is 5.08. The number of hydrogen-bond acceptors (Lipinski definition) is 4. The van der Waals surface area contributed by atoms with Crippen molar-refractivity contribution >= 4 is 43.6 Å². The second kappa shape index (κ2) is 6.10. The number of Topliss-reactive ketones (excluding diaryl/α,β-unsaturated/α-hetero) is 1. The van der Waals surface area contributed by atoms with Gasteiger partial charge in [-0.25, -0.2) is 0 Å². The van der Waals surface area contributed by atoms with E-state index >= 15 is 0 Å². The number of alkyl halides is 1. The van der Waals surface area contributed by atoms with Crippen molar-refractivity contribution in [2.75, 3.05) is 7.11 Å². The zero-order valence-corrected chi connectivity index (χ0v) is 11.6. The molecule has 0 saturated heterocycles. The van der Waals surface area contributed by atoms with Gasteiger partial charge in [-0.1, -0.05) is 15.9 Å². The Labute approximate surface area is 110 Å². The molecule has 16 heavy (non-hydrogen) atoms. The van der Waals surface area contributed by atoms with Crippen LogP contribution in [0.15, 0.2) is 22.8 Å². The van der Waals surface area contributed by atoms with Crippen LogP contribution in [0.5, 0.6) is 0 Å². The monoisotopic (exact) mass is 349 g/mol. The minimum absolute atomic E-state index is 0.00687. The third-order valence-electron chi connectivity index (χ3n) is 1.84. The summed E-state index contributed by atoms with van der Waals surface area (Å²) in [7, 11) is 1.28. The number of halogens is 2. The summed E-state index contributed by atoms with van der Waals surface area (Å²) in [6, 6.07) is 3.32. The molecule has 0 fully saturated rings. The van der Waals surface area contributed by atoms with Crippen molar-refractivity contribution in [1.29, 1.82) is 0 Å². The van der Waals surface area contributed by atoms with Crippen LogP contribution >= 0.6 is 31.9 Å². The van der Waals surface area contributed by atoms with Crippen LogP contribution in [0.4, 0.5) is 0 Å². The molecule has 1 atom stereocenters. The van der Waals surface area contributed by atoms with Gasteiger partial charge in [0.05, 0.1) is 18.4 Å². The van der Waals surface area contributed by atoms with Gasteiger partial charge in [0.2, 0.25) is 0 Å². The summed E-state index contributed by atoms with van der Waals surface area (Å²) in [6.07, 6.45) is 1.53. The number of nitrogens with zero attached hydrogens (tertiary/aromatic N) is 1.